The van der Waals surface area contributed by atoms with E-state index in [0.29, 0.717) is 0 Å². The van der Waals surface area contributed by atoms with Crippen molar-refractivity contribution in [1.29, 1.82) is 0 Å². The molecule has 0 aliphatic heterocycles. The fraction of sp³-hybridized carbons (Fsp3) is 0.889. The van der Waals surface area contributed by atoms with E-state index in [4.69, 9.17) is 0 Å². The maximum atomic E-state index is 4.06. The van der Waals surface area contributed by atoms with Crippen LogP contribution in [0.5, 0.6) is 0 Å². The molecule has 0 spiro atoms. The highest BCUT2D eigenvalue weighted by atomic mass is 14.9. The van der Waals surface area contributed by atoms with E-state index in [1.807, 2.05) is 0 Å². The maximum absolute atomic E-state index is 4.06. The van der Waals surface area contributed by atoms with Crippen molar-refractivity contribution in [2.24, 2.45) is 5.92 Å². The molecule has 1 fully saturated rings. The minimum absolute atomic E-state index is 0.731. The van der Waals surface area contributed by atoms with Gasteiger partial charge in [-0.15, -0.1) is 0 Å². The average Bonchev–Trinajstić information content (AvgIpc) is 1.95. The van der Waals surface area contributed by atoms with Crippen LogP contribution in [0.3, 0.4) is 0 Å². The van der Waals surface area contributed by atoms with Gasteiger partial charge in [0.15, 0.2) is 0 Å². The molecule has 1 radical (unpaired) electrons. The molecular formula is C9H18N. The zero-order chi connectivity index (χ0) is 7.40. The summed E-state index contributed by atoms with van der Waals surface area (Å²) in [7, 11) is 0. The third kappa shape index (κ3) is 2.30. The molecule has 0 bridgehead atoms. The van der Waals surface area contributed by atoms with Crippen LogP contribution in [-0.4, -0.2) is 12.6 Å². The van der Waals surface area contributed by atoms with Crippen molar-refractivity contribution in [1.82, 2.24) is 5.32 Å². The monoisotopic (exact) mass is 140 g/mol. The topological polar surface area (TPSA) is 12.0 Å². The molecule has 0 unspecified atom stereocenters. The van der Waals surface area contributed by atoms with Gasteiger partial charge in [-0.1, -0.05) is 13.8 Å². The van der Waals surface area contributed by atoms with Crippen LogP contribution in [0.2, 0.25) is 0 Å². The second-order valence-corrected chi connectivity index (χ2v) is 3.28. The molecule has 1 rings (SSSR count). The van der Waals surface area contributed by atoms with Gasteiger partial charge in [0.05, 0.1) is 0 Å². The summed E-state index contributed by atoms with van der Waals surface area (Å²) in [6, 6.07) is 0.794. The van der Waals surface area contributed by atoms with E-state index in [2.05, 4.69) is 19.2 Å². The molecule has 1 aliphatic rings. The molecular weight excluding hydrogens is 122 g/mol. The Balaban J connectivity index is 2.13. The van der Waals surface area contributed by atoms with Crippen LogP contribution >= 0.6 is 0 Å². The highest BCUT2D eigenvalue weighted by Crippen LogP contribution is 2.22. The van der Waals surface area contributed by atoms with Gasteiger partial charge in [0.2, 0.25) is 0 Å². The molecule has 0 aromatic carbocycles. The van der Waals surface area contributed by atoms with Crippen LogP contribution in [0.15, 0.2) is 0 Å². The van der Waals surface area contributed by atoms with Crippen molar-refractivity contribution in [2.75, 3.05) is 6.54 Å². The third-order valence-electron chi connectivity index (χ3n) is 2.34. The molecule has 1 saturated carbocycles. The molecule has 10 heavy (non-hydrogen) atoms. The Labute approximate surface area is 64.2 Å². The average molecular weight is 140 g/mol. The van der Waals surface area contributed by atoms with Crippen LogP contribution in [0.1, 0.15) is 32.6 Å². The van der Waals surface area contributed by atoms with Crippen molar-refractivity contribution < 1.29 is 0 Å². The summed E-state index contributed by atoms with van der Waals surface area (Å²) in [5, 5.41) is 3.48. The lowest BCUT2D eigenvalue weighted by Crippen LogP contribution is -2.32. The van der Waals surface area contributed by atoms with E-state index in [1.54, 1.807) is 0 Å². The molecule has 1 heteroatoms. The first-order valence-corrected chi connectivity index (χ1v) is 4.39. The predicted octanol–water partition coefficient (Wildman–Crippen LogP) is 1.99. The lowest BCUT2D eigenvalue weighted by Gasteiger charge is -2.26. The third-order valence-corrected chi connectivity index (χ3v) is 2.34. The van der Waals surface area contributed by atoms with Crippen molar-refractivity contribution in [3.8, 4) is 0 Å². The zero-order valence-electron chi connectivity index (χ0n) is 6.90. The second kappa shape index (κ2) is 3.97. The van der Waals surface area contributed by atoms with Gasteiger partial charge < -0.3 is 5.32 Å². The van der Waals surface area contributed by atoms with Gasteiger partial charge in [0, 0.05) is 6.04 Å². The lowest BCUT2D eigenvalue weighted by molar-refractivity contribution is 0.330. The number of rotatable bonds is 2. The summed E-state index contributed by atoms with van der Waals surface area (Å²) >= 11 is 0. The minimum Gasteiger partial charge on any atom is -0.314 e. The lowest BCUT2D eigenvalue weighted by atomic mass is 9.87. The molecule has 0 atom stereocenters. The van der Waals surface area contributed by atoms with E-state index >= 15 is 0 Å². The molecule has 0 amide bonds. The van der Waals surface area contributed by atoms with Gasteiger partial charge in [-0.25, -0.2) is 0 Å². The van der Waals surface area contributed by atoms with Crippen LogP contribution in [0, 0.1) is 12.8 Å². The molecule has 1 nitrogen and oxygen atoms in total. The highest BCUT2D eigenvalue weighted by Gasteiger charge is 2.16. The van der Waals surface area contributed by atoms with Crippen LogP contribution < -0.4 is 5.32 Å². The van der Waals surface area contributed by atoms with E-state index < -0.39 is 0 Å². The Kier molecular flexibility index (Phi) is 3.20. The zero-order valence-corrected chi connectivity index (χ0v) is 6.90. The summed E-state index contributed by atoms with van der Waals surface area (Å²) in [4.78, 5) is 0. The molecule has 1 aliphatic carbocycles. The SMILES string of the molecule is [CH2]C1CCC(NCC)CC1. The standard InChI is InChI=1S/C9H18N/c1-3-10-9-6-4-8(2)5-7-9/h8-10H,2-7H2,1H3. The van der Waals surface area contributed by atoms with Gasteiger partial charge in [-0.05, 0) is 38.1 Å². The highest BCUT2D eigenvalue weighted by molar-refractivity contribution is 4.77. The van der Waals surface area contributed by atoms with Gasteiger partial charge in [0.1, 0.15) is 0 Å². The summed E-state index contributed by atoms with van der Waals surface area (Å²) in [5.74, 6) is 0.731. The quantitative estimate of drug-likeness (QED) is 0.618. The predicted molar refractivity (Wildman–Crippen MR) is 44.8 cm³/mol. The van der Waals surface area contributed by atoms with Crippen molar-refractivity contribution in [2.45, 2.75) is 38.6 Å². The smallest absolute Gasteiger partial charge is 0.00671 e. The summed E-state index contributed by atoms with van der Waals surface area (Å²) < 4.78 is 0. The van der Waals surface area contributed by atoms with Gasteiger partial charge in [-0.2, -0.15) is 0 Å². The van der Waals surface area contributed by atoms with Crippen molar-refractivity contribution >= 4 is 0 Å². The summed E-state index contributed by atoms with van der Waals surface area (Å²) in [6.07, 6.45) is 5.30. The summed E-state index contributed by atoms with van der Waals surface area (Å²) in [6.45, 7) is 7.36. The Morgan fingerprint density at radius 3 is 2.40 bits per heavy atom. The molecule has 0 aromatic rings. The second-order valence-electron chi connectivity index (χ2n) is 3.28. The maximum Gasteiger partial charge on any atom is 0.00671 e. The Hall–Kier alpha value is -0.0400. The molecule has 0 aromatic heterocycles. The molecule has 1 N–H and O–H groups in total. The van der Waals surface area contributed by atoms with Gasteiger partial charge in [-0.3, -0.25) is 0 Å². The summed E-state index contributed by atoms with van der Waals surface area (Å²) in [5.41, 5.74) is 0. The van der Waals surface area contributed by atoms with Crippen molar-refractivity contribution in [3.63, 3.8) is 0 Å². The van der Waals surface area contributed by atoms with E-state index in [9.17, 15) is 0 Å². The number of hydrogen-bond acceptors (Lipinski definition) is 1. The Morgan fingerprint density at radius 1 is 1.30 bits per heavy atom. The molecule has 0 heterocycles. The van der Waals surface area contributed by atoms with Crippen LogP contribution in [-0.2, 0) is 0 Å². The molecule has 59 valence electrons. The Morgan fingerprint density at radius 2 is 1.90 bits per heavy atom. The first-order valence-electron chi connectivity index (χ1n) is 4.39. The first kappa shape index (κ1) is 8.06. The van der Waals surface area contributed by atoms with Crippen molar-refractivity contribution in [3.05, 3.63) is 6.92 Å². The largest absolute Gasteiger partial charge is 0.314 e. The fourth-order valence-electron chi connectivity index (χ4n) is 1.66. The number of nitrogens with one attached hydrogen (secondary N) is 1. The first-order chi connectivity index (χ1) is 4.83. The van der Waals surface area contributed by atoms with Gasteiger partial charge >= 0.3 is 0 Å². The van der Waals surface area contributed by atoms with E-state index in [-0.39, 0.29) is 0 Å². The van der Waals surface area contributed by atoms with Crippen LogP contribution in [0.25, 0.3) is 0 Å². The minimum atomic E-state index is 0.731. The normalized spacial score (nSPS) is 34.2. The van der Waals surface area contributed by atoms with E-state index in [1.165, 1.54) is 25.7 Å². The van der Waals surface area contributed by atoms with Gasteiger partial charge in [0.25, 0.3) is 0 Å². The Bertz CT molecular complexity index is 82.7. The van der Waals surface area contributed by atoms with Crippen LogP contribution in [0.4, 0.5) is 0 Å². The van der Waals surface area contributed by atoms with E-state index in [0.717, 1.165) is 18.5 Å². The number of hydrogen-bond donors (Lipinski definition) is 1. The fourth-order valence-corrected chi connectivity index (χ4v) is 1.66. The molecule has 0 saturated heterocycles.